The number of nitrogens with zero attached hydrogens (tertiary/aromatic N) is 7. The SMILES string of the molecule is CCCC1CC(=O)N(Cn2ccnc2Cl)C1.N#Cc1cncn1CN1CC(c2cc(F)c(F)c(F)c2)CC1=O. The zero-order valence-electron chi connectivity index (χ0n) is 21.2. The lowest BCUT2D eigenvalue weighted by Gasteiger charge is -2.18. The summed E-state index contributed by atoms with van der Waals surface area (Å²) in [5.74, 6) is -3.96. The maximum absolute atomic E-state index is 13.3. The van der Waals surface area contributed by atoms with Crippen LogP contribution < -0.4 is 0 Å². The van der Waals surface area contributed by atoms with E-state index in [-0.39, 0.29) is 37.0 Å². The molecule has 4 heterocycles. The van der Waals surface area contributed by atoms with E-state index in [0.29, 0.717) is 30.0 Å². The van der Waals surface area contributed by atoms with Gasteiger partial charge in [0.15, 0.2) is 17.5 Å². The standard InChI is InChI=1S/C15H11F3N4O.C11H16ClN3O/c16-12-1-9(2-13(17)15(12)18)10-3-14(23)21(6-10)8-22-7-20-5-11(22)4-19;1-2-3-9-6-10(16)15(7-9)8-14-5-4-13-11(14)12/h1-2,5,7,10H,3,6,8H2;4-5,9H,2-3,6-8H2,1H3. The Morgan fingerprint density at radius 2 is 1.72 bits per heavy atom. The highest BCUT2D eigenvalue weighted by atomic mass is 35.5. The van der Waals surface area contributed by atoms with Gasteiger partial charge in [0.1, 0.15) is 11.8 Å². The minimum absolute atomic E-state index is 0.0705. The number of likely N-dealkylation sites (tertiary alicyclic amines) is 2. The van der Waals surface area contributed by atoms with E-state index < -0.39 is 23.4 Å². The summed E-state index contributed by atoms with van der Waals surface area (Å²) in [5.41, 5.74) is 0.545. The first kappa shape index (κ1) is 28.2. The van der Waals surface area contributed by atoms with Crippen LogP contribution in [0.5, 0.6) is 0 Å². The quantitative estimate of drug-likeness (QED) is 0.401. The molecule has 0 radical (unpaired) electrons. The van der Waals surface area contributed by atoms with Gasteiger partial charge < -0.3 is 18.9 Å². The van der Waals surface area contributed by atoms with Crippen molar-refractivity contribution in [2.45, 2.75) is 51.9 Å². The molecule has 0 saturated carbocycles. The van der Waals surface area contributed by atoms with Crippen molar-refractivity contribution in [1.29, 1.82) is 5.26 Å². The summed E-state index contributed by atoms with van der Waals surface area (Å²) in [4.78, 5) is 34.9. The normalized spacial score (nSPS) is 18.9. The van der Waals surface area contributed by atoms with Gasteiger partial charge in [0.05, 0.1) is 25.9 Å². The summed E-state index contributed by atoms with van der Waals surface area (Å²) in [5, 5.41) is 9.37. The summed E-state index contributed by atoms with van der Waals surface area (Å²) in [6.07, 6.45) is 9.26. The number of hydrogen-bond acceptors (Lipinski definition) is 5. The van der Waals surface area contributed by atoms with Crippen LogP contribution in [0.1, 0.15) is 49.8 Å². The Balaban J connectivity index is 0.000000193. The molecule has 13 heteroatoms. The fourth-order valence-corrected chi connectivity index (χ4v) is 5.01. The molecule has 2 saturated heterocycles. The average Bonchev–Trinajstić information content (AvgIpc) is 3.68. The fourth-order valence-electron chi connectivity index (χ4n) is 4.85. The number of carbonyl (C=O) groups is 2. The van der Waals surface area contributed by atoms with Gasteiger partial charge in [-0.2, -0.15) is 5.26 Å². The van der Waals surface area contributed by atoms with Crippen molar-refractivity contribution in [2.24, 2.45) is 5.92 Å². The van der Waals surface area contributed by atoms with Crippen LogP contribution in [0, 0.1) is 34.7 Å². The molecule has 2 unspecified atom stereocenters. The van der Waals surface area contributed by atoms with Crippen molar-refractivity contribution < 1.29 is 22.8 Å². The molecular weight excluding hydrogens is 535 g/mol. The second-order valence-electron chi connectivity index (χ2n) is 9.60. The van der Waals surface area contributed by atoms with Crippen molar-refractivity contribution in [3.8, 4) is 6.07 Å². The molecule has 2 aliphatic heterocycles. The van der Waals surface area contributed by atoms with Crippen LogP contribution in [-0.4, -0.2) is 53.8 Å². The lowest BCUT2D eigenvalue weighted by molar-refractivity contribution is -0.129. The predicted molar refractivity (Wildman–Crippen MR) is 134 cm³/mol. The van der Waals surface area contributed by atoms with Gasteiger partial charge >= 0.3 is 0 Å². The van der Waals surface area contributed by atoms with Gasteiger partial charge in [0, 0.05) is 44.2 Å². The number of amides is 2. The van der Waals surface area contributed by atoms with Crippen LogP contribution in [-0.2, 0) is 22.9 Å². The molecule has 5 rings (SSSR count). The molecule has 2 aromatic heterocycles. The molecule has 0 bridgehead atoms. The van der Waals surface area contributed by atoms with Crippen molar-refractivity contribution in [2.75, 3.05) is 13.1 Å². The van der Waals surface area contributed by atoms with Crippen molar-refractivity contribution in [1.82, 2.24) is 28.9 Å². The second kappa shape index (κ2) is 12.3. The molecule has 2 aliphatic rings. The summed E-state index contributed by atoms with van der Waals surface area (Å²) in [6, 6.07) is 3.78. The number of hydrogen-bond donors (Lipinski definition) is 0. The van der Waals surface area contributed by atoms with Gasteiger partial charge in [0.2, 0.25) is 17.1 Å². The molecule has 3 aromatic rings. The molecule has 0 aliphatic carbocycles. The van der Waals surface area contributed by atoms with Crippen LogP contribution in [0.3, 0.4) is 0 Å². The molecule has 2 amide bonds. The molecule has 0 N–H and O–H groups in total. The molecule has 9 nitrogen and oxygen atoms in total. The van der Waals surface area contributed by atoms with Gasteiger partial charge in [-0.15, -0.1) is 0 Å². The predicted octanol–water partition coefficient (Wildman–Crippen LogP) is 4.29. The fraction of sp³-hybridized carbons (Fsp3) is 0.423. The van der Waals surface area contributed by atoms with Crippen LogP contribution >= 0.6 is 11.6 Å². The van der Waals surface area contributed by atoms with E-state index in [2.05, 4.69) is 16.9 Å². The number of imidazole rings is 2. The largest absolute Gasteiger partial charge is 0.324 e. The number of carbonyl (C=O) groups excluding carboxylic acids is 2. The number of aromatic nitrogens is 4. The number of halogens is 4. The Labute approximate surface area is 228 Å². The Kier molecular flexibility index (Phi) is 8.91. The summed E-state index contributed by atoms with van der Waals surface area (Å²) < 4.78 is 43.0. The van der Waals surface area contributed by atoms with Crippen LogP contribution in [0.2, 0.25) is 5.28 Å². The molecule has 206 valence electrons. The topological polar surface area (TPSA) is 100 Å². The third-order valence-corrected chi connectivity index (χ3v) is 7.14. The van der Waals surface area contributed by atoms with Gasteiger partial charge in [-0.1, -0.05) is 13.3 Å². The van der Waals surface area contributed by atoms with E-state index >= 15 is 0 Å². The Morgan fingerprint density at radius 3 is 2.36 bits per heavy atom. The Hall–Kier alpha value is -3.85. The van der Waals surface area contributed by atoms with Gasteiger partial charge in [-0.05, 0) is 41.6 Å². The number of benzene rings is 1. The molecular formula is C26H27ClF3N7O2. The van der Waals surface area contributed by atoms with Crippen LogP contribution in [0.15, 0.2) is 37.1 Å². The van der Waals surface area contributed by atoms with Gasteiger partial charge in [0.25, 0.3) is 0 Å². The highest BCUT2D eigenvalue weighted by molar-refractivity contribution is 6.28. The van der Waals surface area contributed by atoms with E-state index in [4.69, 9.17) is 16.9 Å². The van der Waals surface area contributed by atoms with E-state index in [1.165, 1.54) is 22.0 Å². The Bertz CT molecular complexity index is 1360. The van der Waals surface area contributed by atoms with Crippen molar-refractivity contribution in [3.05, 3.63) is 71.0 Å². The average molecular weight is 562 g/mol. The zero-order chi connectivity index (χ0) is 28.1. The smallest absolute Gasteiger partial charge is 0.224 e. The minimum Gasteiger partial charge on any atom is -0.324 e. The summed E-state index contributed by atoms with van der Waals surface area (Å²) in [7, 11) is 0. The summed E-state index contributed by atoms with van der Waals surface area (Å²) in [6.45, 7) is 3.88. The lowest BCUT2D eigenvalue weighted by atomic mass is 9.98. The maximum Gasteiger partial charge on any atom is 0.224 e. The second-order valence-corrected chi connectivity index (χ2v) is 9.94. The zero-order valence-corrected chi connectivity index (χ0v) is 22.0. The Morgan fingerprint density at radius 1 is 1.05 bits per heavy atom. The monoisotopic (exact) mass is 561 g/mol. The first-order valence-electron chi connectivity index (χ1n) is 12.5. The first-order chi connectivity index (χ1) is 18.7. The van der Waals surface area contributed by atoms with Crippen molar-refractivity contribution in [3.63, 3.8) is 0 Å². The van der Waals surface area contributed by atoms with E-state index in [1.54, 1.807) is 17.0 Å². The highest BCUT2D eigenvalue weighted by Crippen LogP contribution is 2.30. The van der Waals surface area contributed by atoms with Gasteiger partial charge in [-0.3, -0.25) is 9.59 Å². The van der Waals surface area contributed by atoms with E-state index in [0.717, 1.165) is 31.5 Å². The van der Waals surface area contributed by atoms with Crippen LogP contribution in [0.25, 0.3) is 0 Å². The van der Waals surface area contributed by atoms with Crippen molar-refractivity contribution >= 4 is 23.4 Å². The molecule has 2 atom stereocenters. The molecule has 2 fully saturated rings. The minimum atomic E-state index is -1.52. The molecule has 39 heavy (non-hydrogen) atoms. The third kappa shape index (κ3) is 6.60. The maximum atomic E-state index is 13.3. The van der Waals surface area contributed by atoms with Crippen LogP contribution in [0.4, 0.5) is 13.2 Å². The molecule has 1 aromatic carbocycles. The highest BCUT2D eigenvalue weighted by Gasteiger charge is 2.32. The summed E-state index contributed by atoms with van der Waals surface area (Å²) >= 11 is 5.88. The van der Waals surface area contributed by atoms with E-state index in [9.17, 15) is 22.8 Å². The first-order valence-corrected chi connectivity index (χ1v) is 12.8. The number of rotatable bonds is 7. The third-order valence-electron chi connectivity index (χ3n) is 6.82. The van der Waals surface area contributed by atoms with E-state index in [1.807, 2.05) is 11.0 Å². The van der Waals surface area contributed by atoms with Gasteiger partial charge in [-0.25, -0.2) is 23.1 Å². The number of nitriles is 1. The lowest BCUT2D eigenvalue weighted by Crippen LogP contribution is -2.28. The molecule has 0 spiro atoms.